The summed E-state index contributed by atoms with van der Waals surface area (Å²) in [6.45, 7) is 3.30. The summed E-state index contributed by atoms with van der Waals surface area (Å²) in [6.07, 6.45) is 0.404. The molecule has 4 heteroatoms. The first-order valence-electron chi connectivity index (χ1n) is 4.68. The molecule has 1 rings (SSSR count). The molecule has 1 atom stereocenters. The quantitative estimate of drug-likeness (QED) is 0.841. The first-order valence-corrected chi connectivity index (χ1v) is 4.68. The molecule has 0 aliphatic carbocycles. The number of ether oxygens (including phenoxy) is 1. The van der Waals surface area contributed by atoms with Crippen molar-refractivity contribution in [3.05, 3.63) is 29.3 Å². The highest BCUT2D eigenvalue weighted by Crippen LogP contribution is 2.30. The van der Waals surface area contributed by atoms with Crippen molar-refractivity contribution in [1.29, 1.82) is 0 Å². The van der Waals surface area contributed by atoms with Gasteiger partial charge in [0.2, 0.25) is 5.82 Å². The zero-order chi connectivity index (χ0) is 11.6. The summed E-state index contributed by atoms with van der Waals surface area (Å²) in [7, 11) is 1.25. The van der Waals surface area contributed by atoms with Crippen LogP contribution in [0.25, 0.3) is 0 Å². The molecule has 0 aliphatic heterocycles. The van der Waals surface area contributed by atoms with E-state index in [-0.39, 0.29) is 5.75 Å². The molecule has 2 nitrogen and oxygen atoms in total. The standard InChI is InChI=1S/C11H14F2O2/c1-4-11(2,14)7-5-8(12)10(13)9(6-7)15-3/h5-6,14H,4H2,1-3H3. The van der Waals surface area contributed by atoms with E-state index in [2.05, 4.69) is 4.74 Å². The highest BCUT2D eigenvalue weighted by Gasteiger charge is 2.24. The normalized spacial score (nSPS) is 14.8. The number of benzene rings is 1. The molecule has 0 aliphatic rings. The summed E-state index contributed by atoms with van der Waals surface area (Å²) in [4.78, 5) is 0. The van der Waals surface area contributed by atoms with Gasteiger partial charge >= 0.3 is 0 Å². The van der Waals surface area contributed by atoms with Gasteiger partial charge in [-0.2, -0.15) is 4.39 Å². The van der Waals surface area contributed by atoms with Gasteiger partial charge in [-0.05, 0) is 31.0 Å². The molecule has 0 saturated carbocycles. The molecule has 0 fully saturated rings. The molecule has 84 valence electrons. The first-order chi connectivity index (χ1) is 6.92. The zero-order valence-electron chi connectivity index (χ0n) is 8.97. The largest absolute Gasteiger partial charge is 0.494 e. The van der Waals surface area contributed by atoms with Gasteiger partial charge in [-0.25, -0.2) is 4.39 Å². The zero-order valence-corrected chi connectivity index (χ0v) is 8.97. The molecule has 0 amide bonds. The summed E-state index contributed by atoms with van der Waals surface area (Å²) in [5, 5.41) is 9.89. The Labute approximate surface area is 87.5 Å². The number of methoxy groups -OCH3 is 1. The topological polar surface area (TPSA) is 29.5 Å². The minimum atomic E-state index is -1.18. The van der Waals surface area contributed by atoms with Crippen molar-refractivity contribution in [2.24, 2.45) is 0 Å². The molecular formula is C11H14F2O2. The van der Waals surface area contributed by atoms with Crippen molar-refractivity contribution in [2.45, 2.75) is 25.9 Å². The summed E-state index contributed by atoms with van der Waals surface area (Å²) in [5.41, 5.74) is -0.872. The molecule has 1 aromatic rings. The fraction of sp³-hybridized carbons (Fsp3) is 0.455. The Kier molecular flexibility index (Phi) is 3.29. The molecule has 1 aromatic carbocycles. The van der Waals surface area contributed by atoms with Gasteiger partial charge in [-0.3, -0.25) is 0 Å². The van der Waals surface area contributed by atoms with E-state index in [1.54, 1.807) is 13.8 Å². The molecule has 0 bridgehead atoms. The van der Waals surface area contributed by atoms with Crippen LogP contribution in [0.15, 0.2) is 12.1 Å². The fourth-order valence-corrected chi connectivity index (χ4v) is 1.23. The summed E-state index contributed by atoms with van der Waals surface area (Å²) in [6, 6.07) is 2.29. The van der Waals surface area contributed by atoms with Gasteiger partial charge in [0.1, 0.15) is 0 Å². The van der Waals surface area contributed by atoms with Crippen LogP contribution in [-0.4, -0.2) is 12.2 Å². The van der Waals surface area contributed by atoms with E-state index in [9.17, 15) is 13.9 Å². The van der Waals surface area contributed by atoms with Crippen LogP contribution in [0.1, 0.15) is 25.8 Å². The van der Waals surface area contributed by atoms with Crippen molar-refractivity contribution in [2.75, 3.05) is 7.11 Å². The predicted octanol–water partition coefficient (Wildman–Crippen LogP) is 2.59. The fourth-order valence-electron chi connectivity index (χ4n) is 1.23. The van der Waals surface area contributed by atoms with E-state index in [1.165, 1.54) is 13.2 Å². The first kappa shape index (κ1) is 11.9. The second-order valence-electron chi connectivity index (χ2n) is 3.60. The van der Waals surface area contributed by atoms with E-state index in [0.29, 0.717) is 12.0 Å². The minimum Gasteiger partial charge on any atom is -0.494 e. The van der Waals surface area contributed by atoms with Crippen LogP contribution in [0.3, 0.4) is 0 Å². The predicted molar refractivity (Wildman–Crippen MR) is 52.8 cm³/mol. The number of aliphatic hydroxyl groups is 1. The van der Waals surface area contributed by atoms with Gasteiger partial charge in [0.05, 0.1) is 12.7 Å². The number of halogens is 2. The van der Waals surface area contributed by atoms with Crippen LogP contribution in [0.2, 0.25) is 0 Å². The summed E-state index contributed by atoms with van der Waals surface area (Å²) in [5.74, 6) is -2.25. The molecule has 0 radical (unpaired) electrons. The van der Waals surface area contributed by atoms with E-state index < -0.39 is 17.2 Å². The minimum absolute atomic E-state index is 0.196. The SMILES string of the molecule is CCC(C)(O)c1cc(F)c(F)c(OC)c1. The van der Waals surface area contributed by atoms with Gasteiger partial charge < -0.3 is 9.84 Å². The average Bonchev–Trinajstić information content (AvgIpc) is 2.21. The van der Waals surface area contributed by atoms with Crippen molar-refractivity contribution in [1.82, 2.24) is 0 Å². The van der Waals surface area contributed by atoms with Crippen molar-refractivity contribution in [3.8, 4) is 5.75 Å². The lowest BCUT2D eigenvalue weighted by molar-refractivity contribution is 0.0523. The summed E-state index contributed by atoms with van der Waals surface area (Å²) >= 11 is 0. The van der Waals surface area contributed by atoms with Crippen LogP contribution in [-0.2, 0) is 5.60 Å². The Morgan fingerprint density at radius 1 is 1.40 bits per heavy atom. The smallest absolute Gasteiger partial charge is 0.200 e. The Morgan fingerprint density at radius 3 is 2.47 bits per heavy atom. The lowest BCUT2D eigenvalue weighted by Crippen LogP contribution is -2.20. The third kappa shape index (κ3) is 2.26. The highest BCUT2D eigenvalue weighted by molar-refractivity contribution is 5.34. The van der Waals surface area contributed by atoms with E-state index in [4.69, 9.17) is 0 Å². The Hall–Kier alpha value is -1.16. The lowest BCUT2D eigenvalue weighted by atomic mass is 9.93. The third-order valence-electron chi connectivity index (χ3n) is 2.53. The van der Waals surface area contributed by atoms with Crippen LogP contribution in [0.5, 0.6) is 5.75 Å². The van der Waals surface area contributed by atoms with Crippen LogP contribution in [0.4, 0.5) is 8.78 Å². The number of rotatable bonds is 3. The van der Waals surface area contributed by atoms with Gasteiger partial charge in [0, 0.05) is 0 Å². The summed E-state index contributed by atoms with van der Waals surface area (Å²) < 4.78 is 30.9. The monoisotopic (exact) mass is 216 g/mol. The number of hydrogen-bond acceptors (Lipinski definition) is 2. The molecule has 0 aromatic heterocycles. The van der Waals surface area contributed by atoms with Crippen LogP contribution >= 0.6 is 0 Å². The maximum absolute atomic E-state index is 13.1. The average molecular weight is 216 g/mol. The van der Waals surface area contributed by atoms with Gasteiger partial charge in [0.15, 0.2) is 11.6 Å². The van der Waals surface area contributed by atoms with E-state index in [1.807, 2.05) is 0 Å². The van der Waals surface area contributed by atoms with Crippen LogP contribution < -0.4 is 4.74 Å². The van der Waals surface area contributed by atoms with Crippen molar-refractivity contribution >= 4 is 0 Å². The number of hydrogen-bond donors (Lipinski definition) is 1. The second-order valence-corrected chi connectivity index (χ2v) is 3.60. The van der Waals surface area contributed by atoms with E-state index in [0.717, 1.165) is 6.07 Å². The Morgan fingerprint density at radius 2 is 2.00 bits per heavy atom. The molecule has 0 saturated heterocycles. The van der Waals surface area contributed by atoms with Crippen molar-refractivity contribution < 1.29 is 18.6 Å². The van der Waals surface area contributed by atoms with Crippen LogP contribution in [0, 0.1) is 11.6 Å². The molecule has 0 spiro atoms. The highest BCUT2D eigenvalue weighted by atomic mass is 19.2. The Balaban J connectivity index is 3.28. The molecule has 0 heterocycles. The maximum Gasteiger partial charge on any atom is 0.200 e. The Bertz CT molecular complexity index is 362. The van der Waals surface area contributed by atoms with Gasteiger partial charge in [0.25, 0.3) is 0 Å². The van der Waals surface area contributed by atoms with Gasteiger partial charge in [-0.15, -0.1) is 0 Å². The lowest BCUT2D eigenvalue weighted by Gasteiger charge is -2.22. The molecular weight excluding hydrogens is 202 g/mol. The third-order valence-corrected chi connectivity index (χ3v) is 2.53. The van der Waals surface area contributed by atoms with Crippen molar-refractivity contribution in [3.63, 3.8) is 0 Å². The molecule has 15 heavy (non-hydrogen) atoms. The van der Waals surface area contributed by atoms with E-state index >= 15 is 0 Å². The van der Waals surface area contributed by atoms with Gasteiger partial charge in [-0.1, -0.05) is 6.92 Å². The molecule has 1 unspecified atom stereocenters. The maximum atomic E-state index is 13.1. The second kappa shape index (κ2) is 4.14. The molecule has 1 N–H and O–H groups in total.